The molecule has 4 heteroatoms. The first-order valence-corrected chi connectivity index (χ1v) is 7.05. The Labute approximate surface area is 123 Å². The first-order chi connectivity index (χ1) is 10.1. The number of hydrazone groups is 1. The van der Waals surface area contributed by atoms with Gasteiger partial charge in [-0.25, -0.2) is 5.43 Å². The number of rotatable bonds is 4. The van der Waals surface area contributed by atoms with E-state index in [9.17, 15) is 4.79 Å². The molecule has 108 valence electrons. The van der Waals surface area contributed by atoms with Crippen LogP contribution in [0, 0.1) is 5.92 Å². The molecule has 0 unspecified atom stereocenters. The second kappa shape index (κ2) is 5.20. The van der Waals surface area contributed by atoms with Crippen LogP contribution in [0.5, 0.6) is 0 Å². The standard InChI is InChI=1S/C17H18N2O2/c1-12(15-9-6-10-21-15)18-19-16(20)14-11-17(14,2)13-7-4-3-5-8-13/h3-10,14H,11H2,1-2H3,(H,19,20)/t14-,17+/m1/s1. The monoisotopic (exact) mass is 282 g/mol. The van der Waals surface area contributed by atoms with Gasteiger partial charge in [0.15, 0.2) is 0 Å². The Balaban J connectivity index is 1.65. The third-order valence-corrected chi connectivity index (χ3v) is 4.20. The highest BCUT2D eigenvalue weighted by atomic mass is 16.3. The third kappa shape index (κ3) is 2.61. The molecule has 1 saturated carbocycles. The second-order valence-corrected chi connectivity index (χ2v) is 5.69. The lowest BCUT2D eigenvalue weighted by atomic mass is 9.95. The highest BCUT2D eigenvalue weighted by Crippen LogP contribution is 2.53. The van der Waals surface area contributed by atoms with Gasteiger partial charge in [0.25, 0.3) is 0 Å². The van der Waals surface area contributed by atoms with Gasteiger partial charge in [0, 0.05) is 5.41 Å². The zero-order valence-electron chi connectivity index (χ0n) is 12.2. The van der Waals surface area contributed by atoms with Crippen LogP contribution in [0.25, 0.3) is 0 Å². The van der Waals surface area contributed by atoms with Crippen LogP contribution in [0.2, 0.25) is 0 Å². The van der Waals surface area contributed by atoms with Crippen LogP contribution in [-0.2, 0) is 10.2 Å². The Hall–Kier alpha value is -2.36. The number of amides is 1. The molecular formula is C17H18N2O2. The van der Waals surface area contributed by atoms with Crippen molar-refractivity contribution in [2.75, 3.05) is 0 Å². The molecule has 2 atom stereocenters. The minimum absolute atomic E-state index is 0.0203. The number of benzene rings is 1. The molecule has 1 N–H and O–H groups in total. The minimum Gasteiger partial charge on any atom is -0.463 e. The normalized spacial score (nSPS) is 24.7. The molecule has 0 spiro atoms. The smallest absolute Gasteiger partial charge is 0.244 e. The quantitative estimate of drug-likeness (QED) is 0.692. The SMILES string of the molecule is CC(=NNC(=O)[C@H]1C[C@@]1(C)c1ccccc1)c1ccco1. The predicted octanol–water partition coefficient (Wildman–Crippen LogP) is 3.10. The molecule has 0 aliphatic heterocycles. The van der Waals surface area contributed by atoms with Crippen LogP contribution in [0.3, 0.4) is 0 Å². The molecule has 0 radical (unpaired) electrons. The summed E-state index contributed by atoms with van der Waals surface area (Å²) in [6, 6.07) is 13.8. The lowest BCUT2D eigenvalue weighted by molar-refractivity contribution is -0.122. The Morgan fingerprint density at radius 3 is 2.71 bits per heavy atom. The maximum absolute atomic E-state index is 12.2. The van der Waals surface area contributed by atoms with Gasteiger partial charge in [-0.2, -0.15) is 5.10 Å². The molecule has 21 heavy (non-hydrogen) atoms. The average molecular weight is 282 g/mol. The number of hydrogen-bond donors (Lipinski definition) is 1. The lowest BCUT2D eigenvalue weighted by Gasteiger charge is -2.10. The number of carbonyl (C=O) groups is 1. The first kappa shape index (κ1) is 13.6. The van der Waals surface area contributed by atoms with E-state index in [0.29, 0.717) is 11.5 Å². The van der Waals surface area contributed by atoms with Gasteiger partial charge in [-0.05, 0) is 31.0 Å². The Kier molecular flexibility index (Phi) is 3.37. The van der Waals surface area contributed by atoms with Crippen LogP contribution in [0.1, 0.15) is 31.6 Å². The molecule has 1 aromatic heterocycles. The van der Waals surface area contributed by atoms with Crippen molar-refractivity contribution < 1.29 is 9.21 Å². The van der Waals surface area contributed by atoms with E-state index >= 15 is 0 Å². The van der Waals surface area contributed by atoms with E-state index in [1.807, 2.05) is 31.2 Å². The fourth-order valence-corrected chi connectivity index (χ4v) is 2.64. The Bertz CT molecular complexity index is 661. The minimum atomic E-state index is -0.0700. The molecule has 1 fully saturated rings. The van der Waals surface area contributed by atoms with Crippen molar-refractivity contribution in [1.82, 2.24) is 5.43 Å². The zero-order chi connectivity index (χ0) is 14.9. The molecule has 3 rings (SSSR count). The predicted molar refractivity (Wildman–Crippen MR) is 81.0 cm³/mol. The fraction of sp³-hybridized carbons (Fsp3) is 0.294. The van der Waals surface area contributed by atoms with Gasteiger partial charge in [0.1, 0.15) is 11.5 Å². The summed E-state index contributed by atoms with van der Waals surface area (Å²) in [5.41, 5.74) is 4.44. The molecule has 1 aliphatic rings. The van der Waals surface area contributed by atoms with Gasteiger partial charge in [-0.15, -0.1) is 0 Å². The van der Waals surface area contributed by atoms with Crippen molar-refractivity contribution >= 4 is 11.6 Å². The number of nitrogens with zero attached hydrogens (tertiary/aromatic N) is 1. The average Bonchev–Trinajstić information content (AvgIpc) is 2.96. The van der Waals surface area contributed by atoms with Crippen LogP contribution in [-0.4, -0.2) is 11.6 Å². The number of nitrogens with one attached hydrogen (secondary N) is 1. The van der Waals surface area contributed by atoms with Crippen molar-refractivity contribution in [3.8, 4) is 0 Å². The summed E-state index contributed by atoms with van der Waals surface area (Å²) >= 11 is 0. The van der Waals surface area contributed by atoms with Crippen molar-refractivity contribution in [3.63, 3.8) is 0 Å². The van der Waals surface area contributed by atoms with Crippen molar-refractivity contribution in [2.45, 2.75) is 25.7 Å². The lowest BCUT2D eigenvalue weighted by Crippen LogP contribution is -2.24. The molecule has 1 heterocycles. The molecule has 4 nitrogen and oxygen atoms in total. The molecule has 1 aromatic carbocycles. The Morgan fingerprint density at radius 1 is 1.29 bits per heavy atom. The van der Waals surface area contributed by atoms with Crippen LogP contribution >= 0.6 is 0 Å². The maximum Gasteiger partial charge on any atom is 0.244 e. The summed E-state index contributed by atoms with van der Waals surface area (Å²) in [5.74, 6) is 0.609. The highest BCUT2D eigenvalue weighted by molar-refractivity contribution is 5.97. The topological polar surface area (TPSA) is 54.6 Å². The van der Waals surface area contributed by atoms with E-state index in [1.54, 1.807) is 12.3 Å². The maximum atomic E-state index is 12.2. The Morgan fingerprint density at radius 2 is 2.05 bits per heavy atom. The van der Waals surface area contributed by atoms with E-state index in [1.165, 1.54) is 5.56 Å². The molecule has 1 amide bonds. The van der Waals surface area contributed by atoms with Crippen LogP contribution in [0.4, 0.5) is 0 Å². The summed E-state index contributed by atoms with van der Waals surface area (Å²) in [6.45, 7) is 3.93. The summed E-state index contributed by atoms with van der Waals surface area (Å²) in [6.07, 6.45) is 2.45. The highest BCUT2D eigenvalue weighted by Gasteiger charge is 2.55. The summed E-state index contributed by atoms with van der Waals surface area (Å²) < 4.78 is 5.23. The molecule has 2 aromatic rings. The van der Waals surface area contributed by atoms with Crippen LogP contribution in [0.15, 0.2) is 58.2 Å². The van der Waals surface area contributed by atoms with Gasteiger partial charge in [-0.3, -0.25) is 4.79 Å². The zero-order valence-corrected chi connectivity index (χ0v) is 12.2. The summed E-state index contributed by atoms with van der Waals surface area (Å²) in [4.78, 5) is 12.2. The number of hydrogen-bond acceptors (Lipinski definition) is 3. The van der Waals surface area contributed by atoms with Crippen molar-refractivity contribution in [3.05, 3.63) is 60.1 Å². The van der Waals surface area contributed by atoms with Crippen molar-refractivity contribution in [1.29, 1.82) is 0 Å². The van der Waals surface area contributed by atoms with Gasteiger partial charge in [0.05, 0.1) is 12.2 Å². The van der Waals surface area contributed by atoms with Gasteiger partial charge in [-0.1, -0.05) is 37.3 Å². The molecule has 1 aliphatic carbocycles. The van der Waals surface area contributed by atoms with Gasteiger partial charge < -0.3 is 4.42 Å². The number of carbonyl (C=O) groups excluding carboxylic acids is 1. The fourth-order valence-electron chi connectivity index (χ4n) is 2.64. The van der Waals surface area contributed by atoms with E-state index in [-0.39, 0.29) is 17.2 Å². The van der Waals surface area contributed by atoms with E-state index in [0.717, 1.165) is 6.42 Å². The van der Waals surface area contributed by atoms with E-state index in [4.69, 9.17) is 4.42 Å². The van der Waals surface area contributed by atoms with Crippen molar-refractivity contribution in [2.24, 2.45) is 11.0 Å². The van der Waals surface area contributed by atoms with Gasteiger partial charge >= 0.3 is 0 Å². The first-order valence-electron chi connectivity index (χ1n) is 7.05. The van der Waals surface area contributed by atoms with E-state index in [2.05, 4.69) is 29.6 Å². The largest absolute Gasteiger partial charge is 0.463 e. The van der Waals surface area contributed by atoms with Crippen LogP contribution < -0.4 is 5.43 Å². The third-order valence-electron chi connectivity index (χ3n) is 4.20. The number of furan rings is 1. The summed E-state index contributed by atoms with van der Waals surface area (Å²) in [5, 5.41) is 4.11. The molecule has 0 bridgehead atoms. The summed E-state index contributed by atoms with van der Waals surface area (Å²) in [7, 11) is 0. The second-order valence-electron chi connectivity index (χ2n) is 5.69. The molecule has 0 saturated heterocycles. The van der Waals surface area contributed by atoms with Gasteiger partial charge in [0.2, 0.25) is 5.91 Å². The molecular weight excluding hydrogens is 264 g/mol. The van der Waals surface area contributed by atoms with E-state index < -0.39 is 0 Å².